The molecule has 0 spiro atoms. The molecule has 0 aliphatic rings. The lowest BCUT2D eigenvalue weighted by molar-refractivity contribution is -0.690. The minimum absolute atomic E-state index is 0.664. The monoisotopic (exact) mass is 824 g/mol. The van der Waals surface area contributed by atoms with E-state index in [9.17, 15) is 0 Å². The first kappa shape index (κ1) is 42.9. The third-order valence-electron chi connectivity index (χ3n) is 10.2. The van der Waals surface area contributed by atoms with Crippen LogP contribution in [-0.4, -0.2) is 14.1 Å². The SMILES string of the molecule is C=C/C=C/c1c(N(C)c2ccc(Cl)cc2)cc[n+](Cc2cccc(-c3cccc(C[n+]4ccc(N(C)c5ccc(Cl)cc5)c(/C=C/C=C)c4/C=C/C=C)c3)c2)c1/C=C/C=C. The Hall–Kier alpha value is -6.72. The summed E-state index contributed by atoms with van der Waals surface area (Å²) >= 11 is 12.5. The van der Waals surface area contributed by atoms with Crippen LogP contribution in [-0.2, 0) is 13.1 Å². The van der Waals surface area contributed by atoms with Crippen molar-refractivity contribution in [3.63, 3.8) is 0 Å². The minimum Gasteiger partial charge on any atom is -0.344 e. The van der Waals surface area contributed by atoms with E-state index in [1.807, 2.05) is 72.8 Å². The molecule has 2 aromatic heterocycles. The Kier molecular flexibility index (Phi) is 14.9. The number of halogens is 2. The van der Waals surface area contributed by atoms with Crippen molar-refractivity contribution in [3.8, 4) is 11.1 Å². The number of aromatic nitrogens is 2. The van der Waals surface area contributed by atoms with Crippen molar-refractivity contribution >= 4 is 70.3 Å². The van der Waals surface area contributed by atoms with Gasteiger partial charge in [-0.15, -0.1) is 0 Å². The molecule has 0 unspecified atom stereocenters. The molecular weight excluding hydrogens is 776 g/mol. The maximum Gasteiger partial charge on any atom is 0.214 e. The Bertz CT molecular complexity index is 2430. The molecule has 4 nitrogen and oxygen atoms in total. The zero-order chi connectivity index (χ0) is 42.4. The van der Waals surface area contributed by atoms with E-state index >= 15 is 0 Å². The van der Waals surface area contributed by atoms with Gasteiger partial charge < -0.3 is 9.80 Å². The summed E-state index contributed by atoms with van der Waals surface area (Å²) in [5.74, 6) is 0. The van der Waals surface area contributed by atoms with Crippen LogP contribution >= 0.6 is 23.2 Å². The summed E-state index contributed by atoms with van der Waals surface area (Å²) in [5, 5.41) is 1.41. The number of benzene rings is 4. The summed E-state index contributed by atoms with van der Waals surface area (Å²) in [5.41, 5.74) is 13.0. The van der Waals surface area contributed by atoms with Gasteiger partial charge in [0.05, 0.1) is 22.5 Å². The second kappa shape index (κ2) is 20.8. The molecule has 0 amide bonds. The van der Waals surface area contributed by atoms with E-state index in [1.54, 1.807) is 24.3 Å². The van der Waals surface area contributed by atoms with Gasteiger partial charge in [-0.25, -0.2) is 0 Å². The van der Waals surface area contributed by atoms with Gasteiger partial charge in [0, 0.05) is 70.9 Å². The predicted molar refractivity (Wildman–Crippen MR) is 259 cm³/mol. The Morgan fingerprint density at radius 3 is 1.22 bits per heavy atom. The van der Waals surface area contributed by atoms with E-state index in [0.717, 1.165) is 56.4 Å². The number of anilines is 4. The maximum atomic E-state index is 6.23. The Balaban J connectivity index is 1.34. The van der Waals surface area contributed by atoms with Crippen LogP contribution in [0.2, 0.25) is 10.0 Å². The number of nitrogens with zero attached hydrogens (tertiary/aromatic N) is 4. The normalized spacial score (nSPS) is 11.5. The van der Waals surface area contributed by atoms with Gasteiger partial charge in [-0.05, 0) is 83.9 Å². The number of pyridine rings is 2. The van der Waals surface area contributed by atoms with Gasteiger partial charge in [0.15, 0.2) is 25.5 Å². The van der Waals surface area contributed by atoms with Crippen molar-refractivity contribution in [3.05, 3.63) is 240 Å². The first-order valence-corrected chi connectivity index (χ1v) is 20.5. The smallest absolute Gasteiger partial charge is 0.214 e. The number of rotatable bonds is 17. The molecule has 6 rings (SSSR count). The third kappa shape index (κ3) is 10.5. The summed E-state index contributed by atoms with van der Waals surface area (Å²) in [6, 6.07) is 37.6. The Morgan fingerprint density at radius 2 is 0.850 bits per heavy atom. The molecule has 0 radical (unpaired) electrons. The molecule has 0 fully saturated rings. The molecule has 6 heteroatoms. The van der Waals surface area contributed by atoms with Gasteiger partial charge in [0.1, 0.15) is 0 Å². The topological polar surface area (TPSA) is 14.2 Å². The van der Waals surface area contributed by atoms with Crippen molar-refractivity contribution in [1.82, 2.24) is 0 Å². The van der Waals surface area contributed by atoms with E-state index in [1.165, 1.54) is 11.1 Å². The van der Waals surface area contributed by atoms with Gasteiger partial charge in [0.25, 0.3) is 0 Å². The van der Waals surface area contributed by atoms with E-state index in [4.69, 9.17) is 23.2 Å². The van der Waals surface area contributed by atoms with Gasteiger partial charge in [0.2, 0.25) is 11.4 Å². The van der Waals surface area contributed by atoms with Crippen LogP contribution in [0.15, 0.2) is 197 Å². The average molecular weight is 826 g/mol. The molecule has 0 aliphatic carbocycles. The first-order chi connectivity index (χ1) is 29.2. The van der Waals surface area contributed by atoms with Gasteiger partial charge in [-0.1, -0.05) is 135 Å². The molecule has 2 heterocycles. The number of hydrogen-bond acceptors (Lipinski definition) is 2. The quantitative estimate of drug-likeness (QED) is 0.0672. The molecule has 0 saturated carbocycles. The van der Waals surface area contributed by atoms with Crippen molar-refractivity contribution in [2.45, 2.75) is 13.1 Å². The summed E-state index contributed by atoms with van der Waals surface area (Å²) in [4.78, 5) is 4.35. The summed E-state index contributed by atoms with van der Waals surface area (Å²) in [6.45, 7) is 17.1. The lowest BCUT2D eigenvalue weighted by Crippen LogP contribution is -2.38. The van der Waals surface area contributed by atoms with Crippen LogP contribution in [0.1, 0.15) is 33.6 Å². The predicted octanol–water partition coefficient (Wildman–Crippen LogP) is 13.7. The lowest BCUT2D eigenvalue weighted by atomic mass is 10.00. The van der Waals surface area contributed by atoms with Gasteiger partial charge in [-0.3, -0.25) is 0 Å². The van der Waals surface area contributed by atoms with Crippen LogP contribution in [0.5, 0.6) is 0 Å². The number of allylic oxidation sites excluding steroid dienone is 8. The largest absolute Gasteiger partial charge is 0.344 e. The molecule has 6 aromatic rings. The second-order valence-corrected chi connectivity index (χ2v) is 15.0. The zero-order valence-electron chi connectivity index (χ0n) is 34.3. The molecule has 298 valence electrons. The van der Waals surface area contributed by atoms with Crippen LogP contribution < -0.4 is 18.9 Å². The highest BCUT2D eigenvalue weighted by Gasteiger charge is 2.22. The van der Waals surface area contributed by atoms with Gasteiger partial charge >= 0.3 is 0 Å². The highest BCUT2D eigenvalue weighted by molar-refractivity contribution is 6.31. The van der Waals surface area contributed by atoms with Crippen molar-refractivity contribution in [2.75, 3.05) is 23.9 Å². The summed E-state index contributed by atoms with van der Waals surface area (Å²) in [6.07, 6.45) is 27.8. The molecule has 0 saturated heterocycles. The van der Waals surface area contributed by atoms with Crippen molar-refractivity contribution in [1.29, 1.82) is 0 Å². The van der Waals surface area contributed by atoms with Crippen LogP contribution in [0.25, 0.3) is 35.4 Å². The fourth-order valence-corrected chi connectivity index (χ4v) is 7.40. The van der Waals surface area contributed by atoms with E-state index in [-0.39, 0.29) is 0 Å². The molecule has 0 bridgehead atoms. The molecule has 0 N–H and O–H groups in total. The first-order valence-electron chi connectivity index (χ1n) is 19.7. The standard InChI is InChI=1S/C54H50Cl2N4/c1-7-11-21-49-51(57(5)47-29-25-45(55)26-30-47)33-35-59(53(49)23-13-9-3)39-41-17-15-19-43(37-41)44-20-16-18-42(38-44)40-60-36-34-52(58(6)48-31-27-46(56)28-32-48)50(22-12-8-2)54(60)24-14-10-4/h7-38H,1-4,39-40H2,5-6H3/q+2/b21-11+,22-12+,23-13+,24-14+. The highest BCUT2D eigenvalue weighted by Crippen LogP contribution is 2.33. The minimum atomic E-state index is 0.664. The zero-order valence-corrected chi connectivity index (χ0v) is 35.8. The Labute approximate surface area is 365 Å². The summed E-state index contributed by atoms with van der Waals surface area (Å²) in [7, 11) is 4.14. The molecule has 0 aliphatic heterocycles. The maximum absolute atomic E-state index is 6.23. The number of hydrogen-bond donors (Lipinski definition) is 0. The summed E-state index contributed by atoms with van der Waals surface area (Å²) < 4.78 is 4.55. The fraction of sp³-hybridized carbons (Fsp3) is 0.0741. The second-order valence-electron chi connectivity index (χ2n) is 14.1. The highest BCUT2D eigenvalue weighted by atomic mass is 35.5. The van der Waals surface area contributed by atoms with Crippen LogP contribution in [0.4, 0.5) is 22.7 Å². The molecular formula is C54H50Cl2N4+2. The van der Waals surface area contributed by atoms with Crippen LogP contribution in [0.3, 0.4) is 0 Å². The third-order valence-corrected chi connectivity index (χ3v) is 10.7. The van der Waals surface area contributed by atoms with E-state index in [0.29, 0.717) is 23.1 Å². The lowest BCUT2D eigenvalue weighted by Gasteiger charge is -2.22. The molecule has 0 atom stereocenters. The molecule has 60 heavy (non-hydrogen) atoms. The average Bonchev–Trinajstić information content (AvgIpc) is 3.27. The van der Waals surface area contributed by atoms with Crippen LogP contribution in [0, 0.1) is 0 Å². The van der Waals surface area contributed by atoms with E-state index < -0.39 is 0 Å². The molecule has 4 aromatic carbocycles. The Morgan fingerprint density at radius 1 is 0.483 bits per heavy atom. The van der Waals surface area contributed by atoms with E-state index in [2.05, 4.69) is 157 Å². The van der Waals surface area contributed by atoms with Crippen molar-refractivity contribution in [2.24, 2.45) is 0 Å². The van der Waals surface area contributed by atoms with Gasteiger partial charge in [-0.2, -0.15) is 9.13 Å². The van der Waals surface area contributed by atoms with Crippen molar-refractivity contribution < 1.29 is 9.13 Å². The fourth-order valence-electron chi connectivity index (χ4n) is 7.15.